The lowest BCUT2D eigenvalue weighted by Gasteiger charge is -2.34. The normalized spacial score (nSPS) is 16.4. The Hall–Kier alpha value is -3.89. The molecule has 1 saturated heterocycles. The second-order valence-electron chi connectivity index (χ2n) is 8.74. The van der Waals surface area contributed by atoms with E-state index < -0.39 is 6.09 Å². The van der Waals surface area contributed by atoms with Crippen LogP contribution in [0.5, 0.6) is 11.8 Å². The first-order valence-electron chi connectivity index (χ1n) is 11.7. The van der Waals surface area contributed by atoms with Crippen molar-refractivity contribution in [3.8, 4) is 22.9 Å². The maximum atomic E-state index is 13.2. The molecule has 0 spiro atoms. The van der Waals surface area contributed by atoms with Gasteiger partial charge in [-0.1, -0.05) is 6.07 Å². The molecule has 5 rings (SSSR count). The molecule has 0 aliphatic carbocycles. The second kappa shape index (κ2) is 9.77. The standard InChI is InChI=1S/C24H27FN6O4/c1-26-23(32)35-22-28-19-11-17(13-27-21(19)29-22)16-2-3-20-18(10-16)14-31(8-9-34-20)24(33)30-6-4-15(12-25)5-7-30/h2-3,10-11,13,15H,4-9,12,14H2,1H3,(H,26,32)(H,27,28,29). The minimum Gasteiger partial charge on any atom is -0.491 e. The predicted octanol–water partition coefficient (Wildman–Crippen LogP) is 3.34. The fraction of sp³-hybridized carbons (Fsp3) is 0.417. The van der Waals surface area contributed by atoms with E-state index in [0.29, 0.717) is 56.8 Å². The summed E-state index contributed by atoms with van der Waals surface area (Å²) in [5, 5.41) is 2.37. The maximum Gasteiger partial charge on any atom is 0.414 e. The number of nitrogens with zero attached hydrogens (tertiary/aromatic N) is 4. The molecule has 2 N–H and O–H groups in total. The first-order chi connectivity index (χ1) is 17.0. The molecule has 2 aromatic heterocycles. The summed E-state index contributed by atoms with van der Waals surface area (Å²) < 4.78 is 23.9. The van der Waals surface area contributed by atoms with E-state index in [2.05, 4.69) is 20.3 Å². The molecule has 2 aliphatic heterocycles. The SMILES string of the molecule is CNC(=O)Oc1nc2ncc(-c3ccc4c(c3)CN(C(=O)N3CCC(CF)CC3)CCO4)cc2[nH]1. The van der Waals surface area contributed by atoms with Crippen LogP contribution >= 0.6 is 0 Å². The predicted molar refractivity (Wildman–Crippen MR) is 126 cm³/mol. The number of carbonyl (C=O) groups excluding carboxylic acids is 2. The number of likely N-dealkylation sites (tertiary alicyclic amines) is 1. The van der Waals surface area contributed by atoms with Crippen molar-refractivity contribution in [2.24, 2.45) is 5.92 Å². The number of imidazole rings is 1. The van der Waals surface area contributed by atoms with Crippen molar-refractivity contribution in [1.82, 2.24) is 30.1 Å². The summed E-state index contributed by atoms with van der Waals surface area (Å²) in [7, 11) is 1.46. The van der Waals surface area contributed by atoms with Crippen LogP contribution in [0.4, 0.5) is 14.0 Å². The van der Waals surface area contributed by atoms with Gasteiger partial charge in [-0.2, -0.15) is 4.98 Å². The number of ether oxygens (including phenoxy) is 2. The van der Waals surface area contributed by atoms with Crippen molar-refractivity contribution in [1.29, 1.82) is 0 Å². The molecule has 2 aliphatic rings. The topological polar surface area (TPSA) is 113 Å². The summed E-state index contributed by atoms with van der Waals surface area (Å²) in [4.78, 5) is 39.7. The first kappa shape index (κ1) is 22.9. The minimum atomic E-state index is -0.624. The Bertz CT molecular complexity index is 1240. The molecule has 1 fully saturated rings. The molecule has 184 valence electrons. The van der Waals surface area contributed by atoms with Gasteiger partial charge in [-0.15, -0.1) is 0 Å². The molecule has 0 unspecified atom stereocenters. The van der Waals surface area contributed by atoms with Crippen molar-refractivity contribution < 1.29 is 23.5 Å². The summed E-state index contributed by atoms with van der Waals surface area (Å²) >= 11 is 0. The molecule has 3 amide bonds. The van der Waals surface area contributed by atoms with E-state index >= 15 is 0 Å². The number of benzene rings is 1. The molecular weight excluding hydrogens is 455 g/mol. The number of fused-ring (bicyclic) bond motifs is 2. The van der Waals surface area contributed by atoms with E-state index in [4.69, 9.17) is 9.47 Å². The van der Waals surface area contributed by atoms with Crippen LogP contribution in [-0.2, 0) is 6.54 Å². The minimum absolute atomic E-state index is 0.0339. The second-order valence-corrected chi connectivity index (χ2v) is 8.74. The number of nitrogens with one attached hydrogen (secondary N) is 2. The highest BCUT2D eigenvalue weighted by molar-refractivity contribution is 5.80. The van der Waals surface area contributed by atoms with Gasteiger partial charge in [0.1, 0.15) is 12.4 Å². The lowest BCUT2D eigenvalue weighted by molar-refractivity contribution is 0.122. The number of amides is 3. The van der Waals surface area contributed by atoms with Crippen LogP contribution in [0.2, 0.25) is 0 Å². The molecule has 4 heterocycles. The number of urea groups is 1. The highest BCUT2D eigenvalue weighted by Crippen LogP contribution is 2.31. The Kier molecular flexibility index (Phi) is 6.39. The van der Waals surface area contributed by atoms with Crippen molar-refractivity contribution in [2.45, 2.75) is 19.4 Å². The van der Waals surface area contributed by atoms with Gasteiger partial charge in [0.05, 0.1) is 25.3 Å². The smallest absolute Gasteiger partial charge is 0.414 e. The number of pyridine rings is 1. The average Bonchev–Trinajstić information content (AvgIpc) is 3.16. The molecule has 0 radical (unpaired) electrons. The molecule has 10 nitrogen and oxygen atoms in total. The van der Waals surface area contributed by atoms with E-state index in [-0.39, 0.29) is 24.6 Å². The average molecular weight is 483 g/mol. The summed E-state index contributed by atoms with van der Waals surface area (Å²) in [6.45, 7) is 2.17. The third-order valence-corrected chi connectivity index (χ3v) is 6.46. The zero-order chi connectivity index (χ0) is 24.4. The summed E-state index contributed by atoms with van der Waals surface area (Å²) in [5.41, 5.74) is 3.70. The Labute approximate surface area is 201 Å². The Morgan fingerprint density at radius 2 is 2.03 bits per heavy atom. The molecule has 35 heavy (non-hydrogen) atoms. The Balaban J connectivity index is 1.35. The molecule has 0 saturated carbocycles. The van der Waals surface area contributed by atoms with Crippen LogP contribution in [0.15, 0.2) is 30.5 Å². The van der Waals surface area contributed by atoms with Gasteiger partial charge in [0.15, 0.2) is 5.65 Å². The third kappa shape index (κ3) is 4.84. The molecule has 0 bridgehead atoms. The number of piperidine rings is 1. The molecular formula is C24H27FN6O4. The monoisotopic (exact) mass is 482 g/mol. The zero-order valence-electron chi connectivity index (χ0n) is 19.4. The lowest BCUT2D eigenvalue weighted by atomic mass is 9.99. The fourth-order valence-electron chi connectivity index (χ4n) is 4.44. The summed E-state index contributed by atoms with van der Waals surface area (Å²) in [6.07, 6.45) is 2.48. The summed E-state index contributed by atoms with van der Waals surface area (Å²) in [5.74, 6) is 0.805. The van der Waals surface area contributed by atoms with Gasteiger partial charge >= 0.3 is 18.1 Å². The highest BCUT2D eigenvalue weighted by Gasteiger charge is 2.28. The van der Waals surface area contributed by atoms with E-state index in [1.807, 2.05) is 29.2 Å². The number of rotatable bonds is 3. The van der Waals surface area contributed by atoms with E-state index in [1.165, 1.54) is 7.05 Å². The van der Waals surface area contributed by atoms with Crippen LogP contribution < -0.4 is 14.8 Å². The van der Waals surface area contributed by atoms with Gasteiger partial charge in [-0.3, -0.25) is 4.39 Å². The number of H-pyrrole nitrogens is 1. The van der Waals surface area contributed by atoms with Crippen LogP contribution in [0.1, 0.15) is 18.4 Å². The maximum absolute atomic E-state index is 13.2. The van der Waals surface area contributed by atoms with Gasteiger partial charge in [0.25, 0.3) is 0 Å². The number of halogens is 1. The first-order valence-corrected chi connectivity index (χ1v) is 11.7. The van der Waals surface area contributed by atoms with Gasteiger partial charge in [-0.25, -0.2) is 14.6 Å². The van der Waals surface area contributed by atoms with Crippen LogP contribution in [0.25, 0.3) is 22.3 Å². The van der Waals surface area contributed by atoms with Crippen molar-refractivity contribution in [2.75, 3.05) is 40.0 Å². The molecule has 11 heteroatoms. The number of aromatic amines is 1. The van der Waals surface area contributed by atoms with Crippen molar-refractivity contribution in [3.05, 3.63) is 36.0 Å². The van der Waals surface area contributed by atoms with Gasteiger partial charge in [-0.05, 0) is 42.5 Å². The zero-order valence-corrected chi connectivity index (χ0v) is 19.4. The van der Waals surface area contributed by atoms with Crippen LogP contribution in [0, 0.1) is 5.92 Å². The van der Waals surface area contributed by atoms with Gasteiger partial charge in [0, 0.05) is 37.5 Å². The van der Waals surface area contributed by atoms with E-state index in [1.54, 1.807) is 11.1 Å². The highest BCUT2D eigenvalue weighted by atomic mass is 19.1. The van der Waals surface area contributed by atoms with Crippen LogP contribution in [0.3, 0.4) is 0 Å². The number of hydrogen-bond acceptors (Lipinski definition) is 6. The van der Waals surface area contributed by atoms with Crippen molar-refractivity contribution in [3.63, 3.8) is 0 Å². The molecule has 1 aromatic carbocycles. The molecule has 3 aromatic rings. The fourth-order valence-corrected chi connectivity index (χ4v) is 4.44. The number of aromatic nitrogens is 3. The Morgan fingerprint density at radius 1 is 1.20 bits per heavy atom. The van der Waals surface area contributed by atoms with E-state index in [9.17, 15) is 14.0 Å². The van der Waals surface area contributed by atoms with E-state index in [0.717, 1.165) is 22.4 Å². The lowest BCUT2D eigenvalue weighted by Crippen LogP contribution is -2.47. The quantitative estimate of drug-likeness (QED) is 0.592. The largest absolute Gasteiger partial charge is 0.491 e. The van der Waals surface area contributed by atoms with Gasteiger partial charge in [0.2, 0.25) is 0 Å². The third-order valence-electron chi connectivity index (χ3n) is 6.46. The summed E-state index contributed by atoms with van der Waals surface area (Å²) in [6, 6.07) is 7.75. The number of carbonyl (C=O) groups is 2. The number of hydrogen-bond donors (Lipinski definition) is 2. The Morgan fingerprint density at radius 3 is 2.80 bits per heavy atom. The number of alkyl halides is 1. The van der Waals surface area contributed by atoms with Crippen LogP contribution in [-0.4, -0.2) is 76.8 Å². The van der Waals surface area contributed by atoms with Crippen molar-refractivity contribution >= 4 is 23.3 Å². The van der Waals surface area contributed by atoms with Gasteiger partial charge < -0.3 is 29.6 Å². The molecule has 0 atom stereocenters.